The fourth-order valence-corrected chi connectivity index (χ4v) is 3.02. The molecule has 1 saturated heterocycles. The molecule has 32 heavy (non-hydrogen) atoms. The summed E-state index contributed by atoms with van der Waals surface area (Å²) in [5.74, 6) is -2.71. The van der Waals surface area contributed by atoms with Gasteiger partial charge < -0.3 is 55.1 Å². The predicted molar refractivity (Wildman–Crippen MR) is 106 cm³/mol. The van der Waals surface area contributed by atoms with Crippen LogP contribution in [-0.2, 0) is 4.74 Å². The number of phenolic OH excluding ortho intramolecular Hbond substituents is 4. The van der Waals surface area contributed by atoms with Crippen LogP contribution in [0.2, 0.25) is 0 Å². The standard InChI is InChI=1S/C15H10O7.C5H10O5/c16-7-4-10(19)12-11(5-7)22-15(14(21)13(12)20)6-1-2-8(17)9(18)3-6;6-1-2-3(7)4(8)5(9)10-2/h1-5,16-19,21H;2-9H,1H2/t;2-,3-,4+,5?/m.1/s1. The first-order chi connectivity index (χ1) is 15.0. The van der Waals surface area contributed by atoms with Gasteiger partial charge in [0.15, 0.2) is 23.5 Å². The monoisotopic (exact) mass is 452 g/mol. The minimum atomic E-state index is -1.38. The summed E-state index contributed by atoms with van der Waals surface area (Å²) in [6.07, 6.45) is -4.76. The number of rotatable bonds is 2. The largest absolute Gasteiger partial charge is 0.508 e. The van der Waals surface area contributed by atoms with Gasteiger partial charge in [0.25, 0.3) is 0 Å². The molecule has 12 heteroatoms. The van der Waals surface area contributed by atoms with E-state index < -0.39 is 53.9 Å². The van der Waals surface area contributed by atoms with Crippen LogP contribution in [0.4, 0.5) is 0 Å². The molecule has 2 aromatic carbocycles. The van der Waals surface area contributed by atoms with Crippen molar-refractivity contribution >= 4 is 11.0 Å². The maximum absolute atomic E-state index is 12.1. The normalized spacial score (nSPS) is 22.5. The highest BCUT2D eigenvalue weighted by Gasteiger charge is 2.41. The van der Waals surface area contributed by atoms with E-state index in [2.05, 4.69) is 4.74 Å². The summed E-state index contributed by atoms with van der Waals surface area (Å²) in [7, 11) is 0. The molecule has 0 aliphatic carbocycles. The number of hydrogen-bond donors (Lipinski definition) is 9. The minimum Gasteiger partial charge on any atom is -0.508 e. The highest BCUT2D eigenvalue weighted by atomic mass is 16.6. The van der Waals surface area contributed by atoms with Crippen molar-refractivity contribution in [1.82, 2.24) is 0 Å². The van der Waals surface area contributed by atoms with Crippen molar-refractivity contribution in [3.8, 4) is 40.1 Å². The molecule has 1 aromatic heterocycles. The number of ether oxygens (including phenoxy) is 1. The molecule has 4 rings (SSSR count). The van der Waals surface area contributed by atoms with Crippen molar-refractivity contribution in [3.05, 3.63) is 40.6 Å². The Morgan fingerprint density at radius 2 is 1.53 bits per heavy atom. The summed E-state index contributed by atoms with van der Waals surface area (Å²) in [5.41, 5.74) is -0.890. The van der Waals surface area contributed by atoms with E-state index >= 15 is 0 Å². The number of aliphatic hydroxyl groups is 4. The Balaban J connectivity index is 0.000000243. The molecule has 2 heterocycles. The molecule has 9 N–H and O–H groups in total. The zero-order valence-electron chi connectivity index (χ0n) is 16.2. The molecule has 172 valence electrons. The molecular formula is C20H20O12. The van der Waals surface area contributed by atoms with Gasteiger partial charge in [-0.1, -0.05) is 0 Å². The van der Waals surface area contributed by atoms with Crippen molar-refractivity contribution in [2.45, 2.75) is 24.6 Å². The fraction of sp³-hybridized carbons (Fsp3) is 0.250. The number of phenols is 4. The third-order valence-corrected chi connectivity index (χ3v) is 4.69. The molecule has 0 radical (unpaired) electrons. The second-order valence-corrected chi connectivity index (χ2v) is 6.88. The van der Waals surface area contributed by atoms with Crippen LogP contribution in [0.1, 0.15) is 0 Å². The van der Waals surface area contributed by atoms with Gasteiger partial charge in [-0.15, -0.1) is 0 Å². The zero-order chi connectivity index (χ0) is 23.7. The molecule has 1 aliphatic heterocycles. The lowest BCUT2D eigenvalue weighted by Gasteiger charge is -2.09. The summed E-state index contributed by atoms with van der Waals surface area (Å²) >= 11 is 0. The first-order valence-electron chi connectivity index (χ1n) is 9.09. The summed E-state index contributed by atoms with van der Waals surface area (Å²) in [6.45, 7) is -0.407. The van der Waals surface area contributed by atoms with Crippen LogP contribution in [-0.4, -0.2) is 77.2 Å². The molecule has 1 fully saturated rings. The summed E-state index contributed by atoms with van der Waals surface area (Å²) in [4.78, 5) is 12.1. The SMILES string of the molecule is O=c1c(O)c(-c2ccc(O)c(O)c2)oc2cc(O)cc(O)c12.OC[C@H]1OC(O)[C@@H](O)[C@@H]1O. The van der Waals surface area contributed by atoms with Gasteiger partial charge in [0.1, 0.15) is 40.8 Å². The average molecular weight is 452 g/mol. The van der Waals surface area contributed by atoms with Crippen molar-refractivity contribution < 1.29 is 55.1 Å². The Kier molecular flexibility index (Phi) is 6.43. The Bertz CT molecular complexity index is 1190. The first-order valence-corrected chi connectivity index (χ1v) is 9.09. The van der Waals surface area contributed by atoms with Gasteiger partial charge in [0.2, 0.25) is 11.2 Å². The zero-order valence-corrected chi connectivity index (χ0v) is 16.2. The van der Waals surface area contributed by atoms with Crippen LogP contribution in [0.15, 0.2) is 39.5 Å². The predicted octanol–water partition coefficient (Wildman–Crippen LogP) is -0.594. The van der Waals surface area contributed by atoms with E-state index in [0.717, 1.165) is 24.3 Å². The number of aliphatic hydroxyl groups excluding tert-OH is 4. The van der Waals surface area contributed by atoms with E-state index in [0.29, 0.717) is 0 Å². The second-order valence-electron chi connectivity index (χ2n) is 6.88. The van der Waals surface area contributed by atoms with E-state index in [1.807, 2.05) is 0 Å². The van der Waals surface area contributed by atoms with Gasteiger partial charge in [-0.3, -0.25) is 4.79 Å². The van der Waals surface area contributed by atoms with Gasteiger partial charge in [0.05, 0.1) is 6.61 Å². The van der Waals surface area contributed by atoms with Crippen LogP contribution < -0.4 is 5.43 Å². The highest BCUT2D eigenvalue weighted by Crippen LogP contribution is 2.37. The van der Waals surface area contributed by atoms with Crippen molar-refractivity contribution in [3.63, 3.8) is 0 Å². The van der Waals surface area contributed by atoms with Gasteiger partial charge in [-0.2, -0.15) is 0 Å². The third kappa shape index (κ3) is 4.26. The minimum absolute atomic E-state index is 0.134. The van der Waals surface area contributed by atoms with Gasteiger partial charge >= 0.3 is 0 Å². The van der Waals surface area contributed by atoms with E-state index in [4.69, 9.17) is 24.8 Å². The first kappa shape index (κ1) is 23.1. The summed E-state index contributed by atoms with van der Waals surface area (Å²) < 4.78 is 9.89. The average Bonchev–Trinajstić information content (AvgIpc) is 2.99. The lowest BCUT2D eigenvalue weighted by Crippen LogP contribution is -2.33. The van der Waals surface area contributed by atoms with Gasteiger partial charge in [-0.05, 0) is 18.2 Å². The molecule has 12 nitrogen and oxygen atoms in total. The lowest BCUT2D eigenvalue weighted by molar-refractivity contribution is -0.132. The Morgan fingerprint density at radius 1 is 0.844 bits per heavy atom. The van der Waals surface area contributed by atoms with Crippen LogP contribution in [0.25, 0.3) is 22.3 Å². The topological polar surface area (TPSA) is 222 Å². The molecule has 0 spiro atoms. The number of aromatic hydroxyl groups is 5. The Labute approximate surface area is 178 Å². The molecule has 4 atom stereocenters. The van der Waals surface area contributed by atoms with E-state index in [1.165, 1.54) is 6.07 Å². The third-order valence-electron chi connectivity index (χ3n) is 4.69. The van der Waals surface area contributed by atoms with Gasteiger partial charge in [0, 0.05) is 17.7 Å². The maximum atomic E-state index is 12.1. The van der Waals surface area contributed by atoms with Gasteiger partial charge in [-0.25, -0.2) is 0 Å². The highest BCUT2D eigenvalue weighted by molar-refractivity contribution is 5.88. The molecule has 1 aliphatic rings. The number of hydrogen-bond acceptors (Lipinski definition) is 12. The van der Waals surface area contributed by atoms with E-state index in [-0.39, 0.29) is 33.8 Å². The number of fused-ring (bicyclic) bond motifs is 1. The van der Waals surface area contributed by atoms with Crippen molar-refractivity contribution in [2.75, 3.05) is 6.61 Å². The molecule has 0 saturated carbocycles. The van der Waals surface area contributed by atoms with E-state index in [1.54, 1.807) is 0 Å². The smallest absolute Gasteiger partial charge is 0.238 e. The molecule has 0 bridgehead atoms. The van der Waals surface area contributed by atoms with Crippen molar-refractivity contribution in [1.29, 1.82) is 0 Å². The molecular weight excluding hydrogens is 432 g/mol. The van der Waals surface area contributed by atoms with Crippen LogP contribution in [0, 0.1) is 0 Å². The second kappa shape index (κ2) is 8.90. The Hall–Kier alpha value is -3.55. The molecule has 1 unspecified atom stereocenters. The summed E-state index contributed by atoms with van der Waals surface area (Å²) in [5, 5.41) is 82.6. The van der Waals surface area contributed by atoms with Crippen LogP contribution in [0.3, 0.4) is 0 Å². The fourth-order valence-electron chi connectivity index (χ4n) is 3.02. The lowest BCUT2D eigenvalue weighted by atomic mass is 10.1. The summed E-state index contributed by atoms with van der Waals surface area (Å²) in [6, 6.07) is 5.64. The van der Waals surface area contributed by atoms with Crippen molar-refractivity contribution in [2.24, 2.45) is 0 Å². The van der Waals surface area contributed by atoms with Crippen LogP contribution >= 0.6 is 0 Å². The Morgan fingerprint density at radius 3 is 2.06 bits per heavy atom. The number of benzene rings is 2. The van der Waals surface area contributed by atoms with E-state index in [9.17, 15) is 30.3 Å². The van der Waals surface area contributed by atoms with Crippen LogP contribution in [0.5, 0.6) is 28.7 Å². The molecule has 3 aromatic rings. The maximum Gasteiger partial charge on any atom is 0.238 e. The quantitative estimate of drug-likeness (QED) is 0.223. The molecule has 0 amide bonds.